The van der Waals surface area contributed by atoms with Crippen LogP contribution in [0.1, 0.15) is 11.8 Å². The lowest BCUT2D eigenvalue weighted by Crippen LogP contribution is -2.51. The van der Waals surface area contributed by atoms with Crippen LogP contribution in [0.15, 0.2) is 12.1 Å². The number of likely N-dealkylation sites (N-methyl/N-ethyl adjacent to an activating group) is 1. The van der Waals surface area contributed by atoms with Gasteiger partial charge >= 0.3 is 6.09 Å². The molecule has 6 nitrogen and oxygen atoms in total. The average molecular weight is 360 g/mol. The second kappa shape index (κ2) is 8.52. The van der Waals surface area contributed by atoms with Gasteiger partial charge in [0.15, 0.2) is 0 Å². The Kier molecular flexibility index (Phi) is 6.68. The summed E-state index contributed by atoms with van der Waals surface area (Å²) in [4.78, 5) is 30.5. The highest BCUT2D eigenvalue weighted by Crippen LogP contribution is 2.22. The number of nitrogens with zero attached hydrogens (tertiary/aromatic N) is 3. The monoisotopic (exact) mass is 359 g/mol. The predicted molar refractivity (Wildman–Crippen MR) is 90.8 cm³/mol. The van der Waals surface area contributed by atoms with E-state index in [-0.39, 0.29) is 12.0 Å². The van der Waals surface area contributed by atoms with Gasteiger partial charge in [0.05, 0.1) is 24.0 Å². The van der Waals surface area contributed by atoms with Gasteiger partial charge in [-0.15, -0.1) is 11.3 Å². The Hall–Kier alpha value is -1.31. The summed E-state index contributed by atoms with van der Waals surface area (Å²) in [5.74, 6) is 0.0686. The van der Waals surface area contributed by atoms with Gasteiger partial charge in [-0.1, -0.05) is 11.6 Å². The van der Waals surface area contributed by atoms with Gasteiger partial charge in [-0.2, -0.15) is 0 Å². The van der Waals surface area contributed by atoms with Crippen molar-refractivity contribution in [3.05, 3.63) is 21.3 Å². The van der Waals surface area contributed by atoms with Crippen molar-refractivity contribution in [3.63, 3.8) is 0 Å². The van der Waals surface area contributed by atoms with Crippen LogP contribution < -0.4 is 0 Å². The van der Waals surface area contributed by atoms with E-state index >= 15 is 0 Å². The van der Waals surface area contributed by atoms with Crippen LogP contribution in [0.3, 0.4) is 0 Å². The number of carbonyl (C=O) groups is 2. The number of piperazine rings is 1. The van der Waals surface area contributed by atoms with Gasteiger partial charge in [0.2, 0.25) is 5.91 Å². The van der Waals surface area contributed by atoms with Gasteiger partial charge in [-0.05, 0) is 19.1 Å². The van der Waals surface area contributed by atoms with E-state index in [0.29, 0.717) is 45.9 Å². The van der Waals surface area contributed by atoms with Gasteiger partial charge in [-0.25, -0.2) is 4.79 Å². The van der Waals surface area contributed by atoms with Crippen LogP contribution in [0.25, 0.3) is 0 Å². The van der Waals surface area contributed by atoms with E-state index in [0.717, 1.165) is 9.21 Å². The number of ether oxygens (including phenoxy) is 1. The van der Waals surface area contributed by atoms with Crippen LogP contribution in [0, 0.1) is 0 Å². The first-order valence-electron chi connectivity index (χ1n) is 7.61. The molecule has 0 N–H and O–H groups in total. The van der Waals surface area contributed by atoms with Gasteiger partial charge in [-0.3, -0.25) is 9.69 Å². The molecule has 0 atom stereocenters. The molecule has 1 aromatic heterocycles. The fraction of sp³-hybridized carbons (Fsp3) is 0.600. The molecule has 1 aromatic rings. The molecule has 2 amide bonds. The normalized spacial score (nSPS) is 15.5. The van der Waals surface area contributed by atoms with E-state index in [9.17, 15) is 9.59 Å². The Morgan fingerprint density at radius 3 is 2.57 bits per heavy atom. The summed E-state index contributed by atoms with van der Waals surface area (Å²) in [6.07, 6.45) is -0.273. The molecule has 0 bridgehead atoms. The van der Waals surface area contributed by atoms with Gasteiger partial charge in [0.25, 0.3) is 0 Å². The van der Waals surface area contributed by atoms with Gasteiger partial charge < -0.3 is 14.5 Å². The maximum Gasteiger partial charge on any atom is 0.409 e. The number of rotatable bonds is 5. The number of hydrogen-bond acceptors (Lipinski definition) is 5. The molecule has 1 saturated heterocycles. The number of amides is 2. The molecule has 1 fully saturated rings. The van der Waals surface area contributed by atoms with Crippen molar-refractivity contribution in [2.75, 3.05) is 46.4 Å². The fourth-order valence-corrected chi connectivity index (χ4v) is 3.52. The third-order valence-corrected chi connectivity index (χ3v) is 4.92. The van der Waals surface area contributed by atoms with Crippen molar-refractivity contribution >= 4 is 34.9 Å². The molecule has 0 spiro atoms. The fourth-order valence-electron chi connectivity index (χ4n) is 2.37. The molecular formula is C15H22ClN3O3S. The second-order valence-electron chi connectivity index (χ2n) is 5.42. The van der Waals surface area contributed by atoms with E-state index in [2.05, 4.69) is 4.90 Å². The summed E-state index contributed by atoms with van der Waals surface area (Å²) in [6.45, 7) is 5.67. The van der Waals surface area contributed by atoms with Crippen molar-refractivity contribution in [3.8, 4) is 0 Å². The van der Waals surface area contributed by atoms with Gasteiger partial charge in [0, 0.05) is 38.1 Å². The minimum atomic E-state index is -0.273. The molecule has 1 aliphatic heterocycles. The van der Waals surface area contributed by atoms with Gasteiger partial charge in [0.1, 0.15) is 0 Å². The minimum Gasteiger partial charge on any atom is -0.450 e. The summed E-state index contributed by atoms with van der Waals surface area (Å²) in [5, 5.41) is 0. The van der Waals surface area contributed by atoms with E-state index in [1.165, 1.54) is 11.3 Å². The number of hydrogen-bond donors (Lipinski definition) is 0. The third-order valence-electron chi connectivity index (χ3n) is 3.70. The zero-order chi connectivity index (χ0) is 16.8. The standard InChI is InChI=1S/C15H22ClN3O3S/c1-3-22-15(21)19-8-6-18(7-9-19)11-14(20)17(2)10-12-4-5-13(16)23-12/h4-5H,3,6-11H2,1-2H3. The molecule has 1 aliphatic rings. The lowest BCUT2D eigenvalue weighted by molar-refractivity contribution is -0.132. The van der Waals surface area contributed by atoms with E-state index < -0.39 is 0 Å². The Labute approximate surface area is 145 Å². The topological polar surface area (TPSA) is 53.1 Å². The van der Waals surface area contributed by atoms with Crippen molar-refractivity contribution < 1.29 is 14.3 Å². The van der Waals surface area contributed by atoms with Crippen LogP contribution in [0.4, 0.5) is 4.79 Å². The van der Waals surface area contributed by atoms with Crippen LogP contribution in [0.2, 0.25) is 4.34 Å². The molecule has 0 radical (unpaired) electrons. The summed E-state index contributed by atoms with van der Waals surface area (Å²) in [7, 11) is 1.80. The molecule has 0 unspecified atom stereocenters. The summed E-state index contributed by atoms with van der Waals surface area (Å²) < 4.78 is 5.72. The Morgan fingerprint density at radius 2 is 2.00 bits per heavy atom. The average Bonchev–Trinajstić information content (AvgIpc) is 2.93. The van der Waals surface area contributed by atoms with E-state index in [1.807, 2.05) is 12.1 Å². The molecule has 0 saturated carbocycles. The smallest absolute Gasteiger partial charge is 0.409 e. The van der Waals surface area contributed by atoms with Crippen LogP contribution in [0.5, 0.6) is 0 Å². The van der Waals surface area contributed by atoms with E-state index in [4.69, 9.17) is 16.3 Å². The quantitative estimate of drug-likeness (QED) is 0.808. The molecule has 2 heterocycles. The van der Waals surface area contributed by atoms with Crippen molar-refractivity contribution in [1.82, 2.24) is 14.7 Å². The number of halogens is 1. The first-order valence-corrected chi connectivity index (χ1v) is 8.81. The summed E-state index contributed by atoms with van der Waals surface area (Å²) >= 11 is 7.39. The highest BCUT2D eigenvalue weighted by atomic mass is 35.5. The Balaban J connectivity index is 1.74. The van der Waals surface area contributed by atoms with Crippen molar-refractivity contribution in [2.45, 2.75) is 13.5 Å². The molecule has 0 aromatic carbocycles. The third kappa shape index (κ3) is 5.37. The number of thiophene rings is 1. The molecule has 23 heavy (non-hydrogen) atoms. The minimum absolute atomic E-state index is 0.0686. The first kappa shape index (κ1) is 18.0. The SMILES string of the molecule is CCOC(=O)N1CCN(CC(=O)N(C)Cc2ccc(Cl)s2)CC1. The largest absolute Gasteiger partial charge is 0.450 e. The maximum atomic E-state index is 12.3. The molecule has 0 aliphatic carbocycles. The van der Waals surface area contributed by atoms with Crippen molar-refractivity contribution in [2.24, 2.45) is 0 Å². The predicted octanol–water partition coefficient (Wildman–Crippen LogP) is 2.13. The Bertz CT molecular complexity index is 544. The maximum absolute atomic E-state index is 12.3. The highest BCUT2D eigenvalue weighted by Gasteiger charge is 2.24. The first-order chi connectivity index (χ1) is 11.0. The lowest BCUT2D eigenvalue weighted by Gasteiger charge is -2.34. The summed E-state index contributed by atoms with van der Waals surface area (Å²) in [5.41, 5.74) is 0. The highest BCUT2D eigenvalue weighted by molar-refractivity contribution is 7.16. The van der Waals surface area contributed by atoms with Crippen LogP contribution in [-0.2, 0) is 16.1 Å². The molecule has 8 heteroatoms. The zero-order valence-corrected chi connectivity index (χ0v) is 15.0. The van der Waals surface area contributed by atoms with E-state index in [1.54, 1.807) is 23.8 Å². The Morgan fingerprint density at radius 1 is 1.30 bits per heavy atom. The molecule has 128 valence electrons. The number of carbonyl (C=O) groups excluding carboxylic acids is 2. The van der Waals surface area contributed by atoms with Crippen LogP contribution >= 0.6 is 22.9 Å². The molecule has 2 rings (SSSR count). The zero-order valence-electron chi connectivity index (χ0n) is 13.5. The second-order valence-corrected chi connectivity index (χ2v) is 7.22. The summed E-state index contributed by atoms with van der Waals surface area (Å²) in [6, 6.07) is 3.78. The van der Waals surface area contributed by atoms with Crippen molar-refractivity contribution in [1.29, 1.82) is 0 Å². The molecular weight excluding hydrogens is 338 g/mol. The van der Waals surface area contributed by atoms with Crippen LogP contribution in [-0.4, -0.2) is 73.1 Å². The lowest BCUT2D eigenvalue weighted by atomic mass is 10.3.